The van der Waals surface area contributed by atoms with E-state index < -0.39 is 5.60 Å². The summed E-state index contributed by atoms with van der Waals surface area (Å²) in [4.78, 5) is 2.60. The van der Waals surface area contributed by atoms with Crippen LogP contribution in [0.25, 0.3) is 0 Å². The molecule has 0 N–H and O–H groups in total. The number of likely N-dealkylation sites (tertiary alicyclic amines) is 1. The average molecular weight is 416 g/mol. The number of rotatable bonds is 3. The van der Waals surface area contributed by atoms with Crippen molar-refractivity contribution in [2.75, 3.05) is 27.8 Å². The fraction of sp³-hybridized carbons (Fsp3) is 0.481. The van der Waals surface area contributed by atoms with Crippen molar-refractivity contribution in [3.63, 3.8) is 0 Å². The van der Waals surface area contributed by atoms with Gasteiger partial charge in [0.15, 0.2) is 11.5 Å². The maximum Gasteiger partial charge on any atom is 0.166 e. The molecule has 4 heteroatoms. The maximum atomic E-state index is 6.99. The summed E-state index contributed by atoms with van der Waals surface area (Å²) in [6.07, 6.45) is 8.10. The molecule has 4 nitrogen and oxygen atoms in total. The molecule has 1 saturated heterocycles. The van der Waals surface area contributed by atoms with Crippen molar-refractivity contribution in [1.82, 2.24) is 4.90 Å². The van der Waals surface area contributed by atoms with Crippen LogP contribution in [0.2, 0.25) is 0 Å². The predicted octanol–water partition coefficient (Wildman–Crippen LogP) is 4.08. The molecule has 0 amide bonds. The first-order valence-corrected chi connectivity index (χ1v) is 11.5. The van der Waals surface area contributed by atoms with Crippen LogP contribution in [0.3, 0.4) is 0 Å². The molecule has 160 valence electrons. The molecular formula is C27H29NO3. The van der Waals surface area contributed by atoms with Crippen molar-refractivity contribution >= 4 is 0 Å². The third-order valence-electron chi connectivity index (χ3n) is 9.48. The minimum absolute atomic E-state index is 0.0378. The van der Waals surface area contributed by atoms with Gasteiger partial charge in [0.1, 0.15) is 11.7 Å². The van der Waals surface area contributed by atoms with Crippen molar-refractivity contribution in [2.24, 2.45) is 5.41 Å². The van der Waals surface area contributed by atoms with Gasteiger partial charge in [0.25, 0.3) is 0 Å². The fourth-order valence-electron chi connectivity index (χ4n) is 8.27. The van der Waals surface area contributed by atoms with Crippen LogP contribution in [0, 0.1) is 5.41 Å². The summed E-state index contributed by atoms with van der Waals surface area (Å²) in [7, 11) is 5.93. The molecule has 2 fully saturated rings. The molecule has 0 radical (unpaired) electrons. The summed E-state index contributed by atoms with van der Waals surface area (Å²) < 4.78 is 19.3. The highest BCUT2D eigenvalue weighted by molar-refractivity contribution is 5.66. The number of hydrogen-bond donors (Lipinski definition) is 0. The first-order chi connectivity index (χ1) is 15.1. The summed E-state index contributed by atoms with van der Waals surface area (Å²) in [6.45, 7) is 1.09. The number of piperidine rings is 1. The number of nitrogens with zero attached hydrogens (tertiary/aromatic N) is 1. The molecule has 0 unspecified atom stereocenters. The zero-order valence-corrected chi connectivity index (χ0v) is 18.4. The van der Waals surface area contributed by atoms with E-state index in [1.54, 1.807) is 7.11 Å². The van der Waals surface area contributed by atoms with Crippen LogP contribution in [0.15, 0.2) is 54.6 Å². The molecule has 6 aliphatic rings. The van der Waals surface area contributed by atoms with E-state index in [1.807, 2.05) is 7.11 Å². The van der Waals surface area contributed by atoms with E-state index in [0.717, 1.165) is 37.3 Å². The Morgan fingerprint density at radius 1 is 1.06 bits per heavy atom. The van der Waals surface area contributed by atoms with E-state index in [-0.39, 0.29) is 22.9 Å². The predicted molar refractivity (Wildman–Crippen MR) is 119 cm³/mol. The third-order valence-corrected chi connectivity index (χ3v) is 9.48. The largest absolute Gasteiger partial charge is 0.493 e. The van der Waals surface area contributed by atoms with Gasteiger partial charge in [-0.2, -0.15) is 0 Å². The first-order valence-electron chi connectivity index (χ1n) is 11.5. The van der Waals surface area contributed by atoms with Gasteiger partial charge < -0.3 is 19.1 Å². The molecule has 31 heavy (non-hydrogen) atoms. The van der Waals surface area contributed by atoms with Gasteiger partial charge in [0, 0.05) is 30.0 Å². The van der Waals surface area contributed by atoms with Gasteiger partial charge in [0.2, 0.25) is 0 Å². The van der Waals surface area contributed by atoms with Crippen LogP contribution in [-0.4, -0.2) is 50.5 Å². The number of fused-ring (bicyclic) bond motifs is 1. The number of benzene rings is 2. The van der Waals surface area contributed by atoms with Crippen LogP contribution >= 0.6 is 0 Å². The molecule has 2 heterocycles. The summed E-state index contributed by atoms with van der Waals surface area (Å²) in [5.74, 6) is 2.09. The Hall–Kier alpha value is -2.30. The van der Waals surface area contributed by atoms with Crippen molar-refractivity contribution < 1.29 is 14.2 Å². The van der Waals surface area contributed by atoms with E-state index in [2.05, 4.69) is 66.6 Å². The Labute approximate surface area is 183 Å². The van der Waals surface area contributed by atoms with Crippen molar-refractivity contribution in [1.29, 1.82) is 0 Å². The lowest BCUT2D eigenvalue weighted by Crippen LogP contribution is -2.78. The minimum atomic E-state index is -0.484. The second-order valence-corrected chi connectivity index (χ2v) is 10.1. The molecule has 0 aromatic heterocycles. The number of likely N-dealkylation sites (N-methyl/N-ethyl adjacent to an activating group) is 1. The Morgan fingerprint density at radius 3 is 2.68 bits per heavy atom. The van der Waals surface area contributed by atoms with Gasteiger partial charge >= 0.3 is 0 Å². The highest BCUT2D eigenvalue weighted by Crippen LogP contribution is 2.75. The number of ether oxygens (including phenoxy) is 3. The number of hydrogen-bond acceptors (Lipinski definition) is 4. The summed E-state index contributed by atoms with van der Waals surface area (Å²) >= 11 is 0. The van der Waals surface area contributed by atoms with Crippen LogP contribution in [0.4, 0.5) is 0 Å². The quantitative estimate of drug-likeness (QED) is 0.707. The van der Waals surface area contributed by atoms with Crippen LogP contribution in [-0.2, 0) is 16.6 Å². The minimum Gasteiger partial charge on any atom is -0.493 e. The summed E-state index contributed by atoms with van der Waals surface area (Å²) in [6, 6.07) is 15.8. The average Bonchev–Trinajstić information content (AvgIpc) is 3.19. The number of methoxy groups -OCH3 is 2. The monoisotopic (exact) mass is 415 g/mol. The molecule has 8 rings (SSSR count). The summed E-state index contributed by atoms with van der Waals surface area (Å²) in [5, 5.41) is 0. The molecule has 2 spiro atoms. The van der Waals surface area contributed by atoms with Crippen molar-refractivity contribution in [2.45, 2.75) is 48.3 Å². The lowest BCUT2D eigenvalue weighted by atomic mass is 9.37. The lowest BCUT2D eigenvalue weighted by Gasteiger charge is -2.71. The van der Waals surface area contributed by atoms with Gasteiger partial charge in [-0.15, -0.1) is 0 Å². The molecule has 2 aliphatic heterocycles. The van der Waals surface area contributed by atoms with E-state index in [1.165, 1.54) is 16.7 Å². The highest BCUT2D eigenvalue weighted by atomic mass is 16.6. The molecule has 1 saturated carbocycles. The van der Waals surface area contributed by atoms with Gasteiger partial charge in [-0.1, -0.05) is 48.6 Å². The van der Waals surface area contributed by atoms with Crippen molar-refractivity contribution in [3.8, 4) is 11.5 Å². The lowest BCUT2D eigenvalue weighted by molar-refractivity contribution is -0.197. The molecule has 2 aromatic rings. The molecular weight excluding hydrogens is 386 g/mol. The zero-order chi connectivity index (χ0) is 21.0. The van der Waals surface area contributed by atoms with E-state index in [4.69, 9.17) is 14.2 Å². The van der Waals surface area contributed by atoms with Crippen LogP contribution in [0.1, 0.15) is 35.4 Å². The second kappa shape index (κ2) is 5.73. The highest BCUT2D eigenvalue weighted by Gasteiger charge is 2.79. The van der Waals surface area contributed by atoms with Gasteiger partial charge in [0.05, 0.1) is 12.5 Å². The zero-order valence-electron chi connectivity index (χ0n) is 18.4. The molecule has 4 aliphatic carbocycles. The van der Waals surface area contributed by atoms with E-state index in [0.29, 0.717) is 6.04 Å². The Balaban J connectivity index is 1.55. The Bertz CT molecular complexity index is 1110. The van der Waals surface area contributed by atoms with Crippen LogP contribution < -0.4 is 9.47 Å². The Morgan fingerprint density at radius 2 is 1.90 bits per heavy atom. The smallest absolute Gasteiger partial charge is 0.166 e. The standard InChI is InChI=1S/C27H29NO3/c1-28-14-13-26-22-18-9-10-20(29-2)23(22)31-24(26)27(30-3)12-11-25(26,21(28)15-18)16-19(27)17-7-5-4-6-8-17/h4-12,19,21,24H,13-16H2,1-3H3/t19-,21-,24-,25-,26+,27+/m1/s1. The van der Waals surface area contributed by atoms with Gasteiger partial charge in [-0.25, -0.2) is 0 Å². The van der Waals surface area contributed by atoms with Crippen molar-refractivity contribution in [3.05, 3.63) is 71.3 Å². The Kier molecular flexibility index (Phi) is 3.38. The molecule has 4 bridgehead atoms. The van der Waals surface area contributed by atoms with E-state index in [9.17, 15) is 0 Å². The second-order valence-electron chi connectivity index (χ2n) is 10.1. The van der Waals surface area contributed by atoms with Gasteiger partial charge in [-0.3, -0.25) is 0 Å². The molecule has 6 atom stereocenters. The normalized spacial score (nSPS) is 41.1. The SMILES string of the molecule is COc1ccc2c3c1O[C@H]1[C@]4(OC)C=C[C@@]5(C[C@@H]4c4ccccc4)[C@@H](C2)N(C)CC[C@]315. The maximum absolute atomic E-state index is 6.99. The fourth-order valence-corrected chi connectivity index (χ4v) is 8.27. The summed E-state index contributed by atoms with van der Waals surface area (Å²) in [5.41, 5.74) is 3.69. The molecule has 2 aromatic carbocycles. The van der Waals surface area contributed by atoms with Crippen LogP contribution in [0.5, 0.6) is 11.5 Å². The topological polar surface area (TPSA) is 30.9 Å². The van der Waals surface area contributed by atoms with E-state index >= 15 is 0 Å². The first kappa shape index (κ1) is 18.3. The van der Waals surface area contributed by atoms with Gasteiger partial charge in [-0.05, 0) is 50.0 Å². The third kappa shape index (κ3) is 1.80.